The second kappa shape index (κ2) is 14.0. The van der Waals surface area contributed by atoms with Gasteiger partial charge >= 0.3 is 0 Å². The summed E-state index contributed by atoms with van der Waals surface area (Å²) in [6.45, 7) is 0. The molecule has 9 aromatic carbocycles. The molecule has 0 fully saturated rings. The highest BCUT2D eigenvalue weighted by Crippen LogP contribution is 2.45. The summed E-state index contributed by atoms with van der Waals surface area (Å²) in [6.07, 6.45) is 0. The van der Waals surface area contributed by atoms with Crippen molar-refractivity contribution in [2.24, 2.45) is 0 Å². The molecule has 0 saturated carbocycles. The minimum atomic E-state index is -0.248. The van der Waals surface area contributed by atoms with E-state index in [-0.39, 0.29) is 5.82 Å². The van der Waals surface area contributed by atoms with Gasteiger partial charge in [0.25, 0.3) is 0 Å². The number of benzene rings is 9. The molecule has 11 rings (SSSR count). The molecule has 2 heterocycles. The number of halogens is 1. The highest BCUT2D eigenvalue weighted by molar-refractivity contribution is 7.26. The number of hydrogen-bond acceptors (Lipinski definition) is 2. The third-order valence-corrected chi connectivity index (χ3v) is 12.6. The maximum absolute atomic E-state index is 14.7. The van der Waals surface area contributed by atoms with Crippen LogP contribution in [0, 0.1) is 5.82 Å². The molecule has 0 aliphatic rings. The van der Waals surface area contributed by atoms with Crippen molar-refractivity contribution in [3.8, 4) is 39.1 Å². The molecule has 0 spiro atoms. The van der Waals surface area contributed by atoms with Gasteiger partial charge in [-0.15, -0.1) is 11.3 Å². The summed E-state index contributed by atoms with van der Waals surface area (Å²) in [5, 5.41) is 4.71. The van der Waals surface area contributed by atoms with Crippen LogP contribution < -0.4 is 4.90 Å². The van der Waals surface area contributed by atoms with Crippen molar-refractivity contribution in [3.63, 3.8) is 0 Å². The lowest BCUT2D eigenvalue weighted by atomic mass is 10.00. The van der Waals surface area contributed by atoms with E-state index in [0.29, 0.717) is 0 Å². The van der Waals surface area contributed by atoms with Crippen LogP contribution in [0.2, 0.25) is 0 Å². The van der Waals surface area contributed by atoms with E-state index in [1.807, 2.05) is 35.6 Å². The van der Waals surface area contributed by atoms with Gasteiger partial charge in [0.05, 0.1) is 11.0 Å². The van der Waals surface area contributed by atoms with Crippen molar-refractivity contribution >= 4 is 70.4 Å². The fourth-order valence-corrected chi connectivity index (χ4v) is 9.91. The highest BCUT2D eigenvalue weighted by Gasteiger charge is 2.18. The van der Waals surface area contributed by atoms with Crippen LogP contribution in [0.5, 0.6) is 0 Å². The Morgan fingerprint density at radius 2 is 0.828 bits per heavy atom. The topological polar surface area (TPSA) is 8.17 Å². The monoisotopic (exact) mass is 762 g/mol. The van der Waals surface area contributed by atoms with E-state index in [4.69, 9.17) is 0 Å². The first-order valence-electron chi connectivity index (χ1n) is 19.5. The van der Waals surface area contributed by atoms with Gasteiger partial charge in [0.1, 0.15) is 5.82 Å². The SMILES string of the molecule is Fc1ccc2c3ccccc3n(-c3ccc(N(c4ccc(-c5ccccc5)cc4)c4ccc(-c5cccc6c5sc5c(-c7ccccc7)cccc56)cc4)cc3)c2c1. The van der Waals surface area contributed by atoms with E-state index < -0.39 is 0 Å². The van der Waals surface area contributed by atoms with Gasteiger partial charge in [-0.3, -0.25) is 0 Å². The van der Waals surface area contributed by atoms with Crippen LogP contribution in [0.3, 0.4) is 0 Å². The second-order valence-electron chi connectivity index (χ2n) is 14.7. The number of aromatic nitrogens is 1. The molecule has 0 saturated heterocycles. The fraction of sp³-hybridized carbons (Fsp3) is 0. The van der Waals surface area contributed by atoms with Crippen molar-refractivity contribution in [1.29, 1.82) is 0 Å². The molecule has 0 aliphatic carbocycles. The quantitative estimate of drug-likeness (QED) is 0.157. The zero-order chi connectivity index (χ0) is 38.6. The van der Waals surface area contributed by atoms with Gasteiger partial charge in [-0.2, -0.15) is 0 Å². The lowest BCUT2D eigenvalue weighted by molar-refractivity contribution is 0.629. The standard InChI is InChI=1S/C54H35FN2S/c55-40-25-34-48-47-15-7-8-20-51(47)57(52(48)35-40)44-32-30-43(31-33-44)56(41-26-21-37(22-27-41)36-11-3-1-4-12-36)42-28-23-39(24-29-42)46-17-10-19-50-49-18-9-16-45(53(49)58-54(46)50)38-13-5-2-6-14-38/h1-35H. The summed E-state index contributed by atoms with van der Waals surface area (Å²) in [5.74, 6) is -0.248. The van der Waals surface area contributed by atoms with Gasteiger partial charge in [-0.1, -0.05) is 140 Å². The van der Waals surface area contributed by atoms with Crippen molar-refractivity contribution in [3.05, 3.63) is 218 Å². The molecule has 0 N–H and O–H groups in total. The van der Waals surface area contributed by atoms with Gasteiger partial charge in [0.2, 0.25) is 0 Å². The Kier molecular flexibility index (Phi) is 8.23. The Labute approximate surface area is 339 Å². The molecule has 0 aliphatic heterocycles. The van der Waals surface area contributed by atoms with E-state index in [1.54, 1.807) is 12.1 Å². The van der Waals surface area contributed by atoms with Gasteiger partial charge < -0.3 is 9.47 Å². The minimum Gasteiger partial charge on any atom is -0.311 e. The molecule has 274 valence electrons. The second-order valence-corrected chi connectivity index (χ2v) is 15.7. The number of anilines is 3. The van der Waals surface area contributed by atoms with E-state index in [1.165, 1.54) is 53.6 Å². The summed E-state index contributed by atoms with van der Waals surface area (Å²) in [7, 11) is 0. The molecular formula is C54H35FN2S. The third kappa shape index (κ3) is 5.77. The van der Waals surface area contributed by atoms with E-state index in [2.05, 4.69) is 185 Å². The smallest absolute Gasteiger partial charge is 0.125 e. The van der Waals surface area contributed by atoms with Crippen molar-refractivity contribution < 1.29 is 4.39 Å². The highest BCUT2D eigenvalue weighted by atomic mass is 32.1. The Bertz CT molecular complexity index is 3260. The summed E-state index contributed by atoms with van der Waals surface area (Å²) in [5.41, 5.74) is 13.3. The number of para-hydroxylation sites is 1. The summed E-state index contributed by atoms with van der Waals surface area (Å²) < 4.78 is 19.4. The zero-order valence-electron chi connectivity index (χ0n) is 31.4. The number of thiophene rings is 1. The minimum absolute atomic E-state index is 0.248. The van der Waals surface area contributed by atoms with Crippen LogP contribution in [0.1, 0.15) is 0 Å². The number of nitrogens with zero attached hydrogens (tertiary/aromatic N) is 2. The van der Waals surface area contributed by atoms with Crippen LogP contribution in [-0.4, -0.2) is 4.57 Å². The first-order chi connectivity index (χ1) is 28.7. The van der Waals surface area contributed by atoms with Crippen molar-refractivity contribution in [2.45, 2.75) is 0 Å². The van der Waals surface area contributed by atoms with Gasteiger partial charge in [0, 0.05) is 53.7 Å². The van der Waals surface area contributed by atoms with Crippen molar-refractivity contribution in [2.75, 3.05) is 4.90 Å². The third-order valence-electron chi connectivity index (χ3n) is 11.3. The van der Waals surface area contributed by atoms with Gasteiger partial charge in [-0.25, -0.2) is 4.39 Å². The van der Waals surface area contributed by atoms with Gasteiger partial charge in [0.15, 0.2) is 0 Å². The lowest BCUT2D eigenvalue weighted by Crippen LogP contribution is -2.10. The maximum atomic E-state index is 14.7. The van der Waals surface area contributed by atoms with Crippen molar-refractivity contribution in [1.82, 2.24) is 4.57 Å². The Hall–Kier alpha value is -7.27. The molecule has 4 heteroatoms. The summed E-state index contributed by atoms with van der Waals surface area (Å²) >= 11 is 1.88. The molecule has 0 bridgehead atoms. The number of rotatable bonds is 7. The first kappa shape index (κ1) is 34.0. The predicted octanol–water partition coefficient (Wildman–Crippen LogP) is 15.8. The Balaban J connectivity index is 1.01. The molecule has 2 nitrogen and oxygen atoms in total. The van der Waals surface area contributed by atoms with E-state index >= 15 is 0 Å². The van der Waals surface area contributed by atoms with Crippen LogP contribution >= 0.6 is 11.3 Å². The maximum Gasteiger partial charge on any atom is 0.125 e. The van der Waals surface area contributed by atoms with Crippen LogP contribution in [0.25, 0.3) is 81.0 Å². The molecular weight excluding hydrogens is 728 g/mol. The number of hydrogen-bond donors (Lipinski definition) is 0. The zero-order valence-corrected chi connectivity index (χ0v) is 32.2. The Morgan fingerprint density at radius 1 is 0.362 bits per heavy atom. The van der Waals surface area contributed by atoms with Crippen LogP contribution in [0.15, 0.2) is 212 Å². The lowest BCUT2D eigenvalue weighted by Gasteiger charge is -2.26. The molecule has 2 aromatic heterocycles. The fourth-order valence-electron chi connectivity index (χ4n) is 8.54. The molecule has 58 heavy (non-hydrogen) atoms. The van der Waals surface area contributed by atoms with E-state index in [0.717, 1.165) is 44.6 Å². The summed E-state index contributed by atoms with van der Waals surface area (Å²) in [6, 6.07) is 74.2. The van der Waals surface area contributed by atoms with Crippen LogP contribution in [-0.2, 0) is 0 Å². The van der Waals surface area contributed by atoms with Crippen LogP contribution in [0.4, 0.5) is 21.5 Å². The Morgan fingerprint density at radius 3 is 1.45 bits per heavy atom. The normalized spacial score (nSPS) is 11.5. The largest absolute Gasteiger partial charge is 0.311 e. The molecule has 0 unspecified atom stereocenters. The molecule has 0 amide bonds. The number of fused-ring (bicyclic) bond motifs is 6. The van der Waals surface area contributed by atoms with E-state index in [9.17, 15) is 4.39 Å². The predicted molar refractivity (Wildman–Crippen MR) is 245 cm³/mol. The average Bonchev–Trinajstić information content (AvgIpc) is 3.83. The first-order valence-corrected chi connectivity index (χ1v) is 20.3. The average molecular weight is 763 g/mol. The molecule has 11 aromatic rings. The molecule has 0 radical (unpaired) electrons. The molecule has 0 atom stereocenters. The summed E-state index contributed by atoms with van der Waals surface area (Å²) in [4.78, 5) is 2.31. The van der Waals surface area contributed by atoms with Gasteiger partial charge in [-0.05, 0) is 106 Å².